The molecule has 2 aromatic rings. The predicted molar refractivity (Wildman–Crippen MR) is 69.7 cm³/mol. The average molecular weight is 264 g/mol. The summed E-state index contributed by atoms with van der Waals surface area (Å²) in [5.41, 5.74) is 1.75. The Morgan fingerprint density at radius 3 is 2.61 bits per heavy atom. The molecule has 92 valence electrons. The number of hydrogen-bond donors (Lipinski definition) is 1. The summed E-state index contributed by atoms with van der Waals surface area (Å²) in [7, 11) is 0. The van der Waals surface area contributed by atoms with Crippen molar-refractivity contribution in [1.82, 2.24) is 4.98 Å². The first-order chi connectivity index (χ1) is 8.66. The molecule has 0 bridgehead atoms. The lowest BCUT2D eigenvalue weighted by Gasteiger charge is -2.07. The van der Waals surface area contributed by atoms with Gasteiger partial charge in [-0.2, -0.15) is 0 Å². The molecule has 0 aliphatic rings. The zero-order valence-corrected chi connectivity index (χ0v) is 10.1. The fourth-order valence-electron chi connectivity index (χ4n) is 1.45. The largest absolute Gasteiger partial charge is 0.378 e. The molecule has 0 amide bonds. The van der Waals surface area contributed by atoms with E-state index < -0.39 is 4.92 Å². The van der Waals surface area contributed by atoms with Crippen LogP contribution in [0.4, 0.5) is 11.4 Å². The van der Waals surface area contributed by atoms with Gasteiger partial charge in [-0.15, -0.1) is 0 Å². The number of rotatable bonds is 4. The number of hydrogen-bond acceptors (Lipinski definition) is 4. The van der Waals surface area contributed by atoms with Crippen LogP contribution in [0.25, 0.3) is 0 Å². The minimum absolute atomic E-state index is 0.0816. The zero-order valence-electron chi connectivity index (χ0n) is 9.34. The van der Waals surface area contributed by atoms with E-state index in [1.807, 2.05) is 6.07 Å². The van der Waals surface area contributed by atoms with Crippen LogP contribution in [0.3, 0.4) is 0 Å². The Kier molecular flexibility index (Phi) is 3.74. The standard InChI is InChI=1S/C12H10ClN3O2/c13-12-11(2-1-7-14-12)15-8-9-3-5-10(6-4-9)16(17)18/h1-7,15H,8H2. The van der Waals surface area contributed by atoms with E-state index in [4.69, 9.17) is 11.6 Å². The molecule has 1 aromatic carbocycles. The third-order valence-corrected chi connectivity index (χ3v) is 2.69. The van der Waals surface area contributed by atoms with Crippen molar-refractivity contribution in [3.8, 4) is 0 Å². The first-order valence-corrected chi connectivity index (χ1v) is 5.62. The number of pyridine rings is 1. The highest BCUT2D eigenvalue weighted by molar-refractivity contribution is 6.31. The van der Waals surface area contributed by atoms with Gasteiger partial charge in [-0.05, 0) is 17.7 Å². The van der Waals surface area contributed by atoms with E-state index in [1.54, 1.807) is 24.4 Å². The van der Waals surface area contributed by atoms with Gasteiger partial charge in [0.15, 0.2) is 5.15 Å². The lowest BCUT2D eigenvalue weighted by molar-refractivity contribution is -0.384. The van der Waals surface area contributed by atoms with Gasteiger partial charge in [0.25, 0.3) is 5.69 Å². The first kappa shape index (κ1) is 12.3. The molecule has 0 unspecified atom stereocenters. The molecule has 2 rings (SSSR count). The Balaban J connectivity index is 2.02. The van der Waals surface area contributed by atoms with Crippen LogP contribution in [-0.2, 0) is 6.54 Å². The number of aromatic nitrogens is 1. The maximum Gasteiger partial charge on any atom is 0.269 e. The Bertz CT molecular complexity index is 558. The number of nitrogens with zero attached hydrogens (tertiary/aromatic N) is 2. The van der Waals surface area contributed by atoms with Gasteiger partial charge < -0.3 is 5.32 Å². The molecular weight excluding hydrogens is 254 g/mol. The van der Waals surface area contributed by atoms with Gasteiger partial charge in [0.1, 0.15) is 0 Å². The molecule has 5 nitrogen and oxygen atoms in total. The van der Waals surface area contributed by atoms with Crippen molar-refractivity contribution in [2.24, 2.45) is 0 Å². The van der Waals surface area contributed by atoms with Crippen LogP contribution < -0.4 is 5.32 Å². The van der Waals surface area contributed by atoms with Crippen molar-refractivity contribution in [1.29, 1.82) is 0 Å². The quantitative estimate of drug-likeness (QED) is 0.522. The van der Waals surface area contributed by atoms with Gasteiger partial charge in [-0.25, -0.2) is 4.98 Å². The van der Waals surface area contributed by atoms with E-state index in [2.05, 4.69) is 10.3 Å². The second-order valence-corrected chi connectivity index (χ2v) is 3.98. The average Bonchev–Trinajstić information content (AvgIpc) is 2.38. The monoisotopic (exact) mass is 263 g/mol. The van der Waals surface area contributed by atoms with Gasteiger partial charge in [0, 0.05) is 24.9 Å². The van der Waals surface area contributed by atoms with E-state index in [1.165, 1.54) is 12.1 Å². The highest BCUT2D eigenvalue weighted by Gasteiger charge is 2.04. The first-order valence-electron chi connectivity index (χ1n) is 5.24. The Morgan fingerprint density at radius 1 is 1.28 bits per heavy atom. The summed E-state index contributed by atoms with van der Waals surface area (Å²) in [5.74, 6) is 0. The third kappa shape index (κ3) is 2.95. The van der Waals surface area contributed by atoms with Gasteiger partial charge in [0.05, 0.1) is 10.6 Å². The summed E-state index contributed by atoms with van der Waals surface area (Å²) in [6.45, 7) is 0.531. The second kappa shape index (κ2) is 5.46. The zero-order chi connectivity index (χ0) is 13.0. The summed E-state index contributed by atoms with van der Waals surface area (Å²) in [4.78, 5) is 14.0. The Labute approximate surface area is 109 Å². The van der Waals surface area contributed by atoms with Crippen LogP contribution >= 0.6 is 11.6 Å². The van der Waals surface area contributed by atoms with E-state index in [9.17, 15) is 10.1 Å². The molecule has 0 aliphatic carbocycles. The van der Waals surface area contributed by atoms with Crippen LogP contribution in [0.2, 0.25) is 5.15 Å². The van der Waals surface area contributed by atoms with Gasteiger partial charge in [-0.1, -0.05) is 23.7 Å². The summed E-state index contributed by atoms with van der Waals surface area (Å²) >= 11 is 5.89. The normalized spacial score (nSPS) is 10.1. The number of nitro groups is 1. The summed E-state index contributed by atoms with van der Waals surface area (Å²) in [6, 6.07) is 9.96. The molecule has 0 aliphatic heterocycles. The number of anilines is 1. The van der Waals surface area contributed by atoms with Gasteiger partial charge in [-0.3, -0.25) is 10.1 Å². The molecule has 1 N–H and O–H groups in total. The van der Waals surface area contributed by atoms with E-state index >= 15 is 0 Å². The number of non-ortho nitro benzene ring substituents is 1. The predicted octanol–water partition coefficient (Wildman–Crippen LogP) is 3.26. The number of nitrogens with one attached hydrogen (secondary N) is 1. The summed E-state index contributed by atoms with van der Waals surface area (Å²) in [5, 5.41) is 14.0. The van der Waals surface area contributed by atoms with Crippen molar-refractivity contribution in [3.63, 3.8) is 0 Å². The molecule has 0 spiro atoms. The molecule has 0 radical (unpaired) electrons. The molecule has 0 atom stereocenters. The smallest absolute Gasteiger partial charge is 0.269 e. The van der Waals surface area contributed by atoms with Crippen molar-refractivity contribution >= 4 is 23.0 Å². The number of benzene rings is 1. The lowest BCUT2D eigenvalue weighted by Crippen LogP contribution is -2.00. The molecule has 0 saturated heterocycles. The van der Waals surface area contributed by atoms with Crippen LogP contribution in [-0.4, -0.2) is 9.91 Å². The molecule has 0 fully saturated rings. The van der Waals surface area contributed by atoms with Crippen LogP contribution in [0, 0.1) is 10.1 Å². The SMILES string of the molecule is O=[N+]([O-])c1ccc(CNc2cccnc2Cl)cc1. The summed E-state index contributed by atoms with van der Waals surface area (Å²) < 4.78 is 0. The van der Waals surface area contributed by atoms with E-state index in [-0.39, 0.29) is 5.69 Å². The van der Waals surface area contributed by atoms with Gasteiger partial charge >= 0.3 is 0 Å². The molecule has 18 heavy (non-hydrogen) atoms. The molecule has 0 saturated carbocycles. The molecule has 6 heteroatoms. The lowest BCUT2D eigenvalue weighted by atomic mass is 10.2. The third-order valence-electron chi connectivity index (χ3n) is 2.39. The summed E-state index contributed by atoms with van der Waals surface area (Å²) in [6.07, 6.45) is 1.61. The number of halogens is 1. The molecular formula is C12H10ClN3O2. The highest BCUT2D eigenvalue weighted by atomic mass is 35.5. The topological polar surface area (TPSA) is 68.1 Å². The Morgan fingerprint density at radius 2 is 2.00 bits per heavy atom. The van der Waals surface area contributed by atoms with Crippen LogP contribution in [0.15, 0.2) is 42.6 Å². The van der Waals surface area contributed by atoms with Crippen molar-refractivity contribution < 1.29 is 4.92 Å². The van der Waals surface area contributed by atoms with Gasteiger partial charge in [0.2, 0.25) is 0 Å². The van der Waals surface area contributed by atoms with Crippen molar-refractivity contribution in [2.75, 3.05) is 5.32 Å². The molecule has 1 aromatic heterocycles. The van der Waals surface area contributed by atoms with E-state index in [0.29, 0.717) is 11.7 Å². The van der Waals surface area contributed by atoms with E-state index in [0.717, 1.165) is 11.3 Å². The highest BCUT2D eigenvalue weighted by Crippen LogP contribution is 2.19. The van der Waals surface area contributed by atoms with Crippen LogP contribution in [0.5, 0.6) is 0 Å². The van der Waals surface area contributed by atoms with Crippen molar-refractivity contribution in [2.45, 2.75) is 6.54 Å². The minimum Gasteiger partial charge on any atom is -0.378 e. The minimum atomic E-state index is -0.421. The fraction of sp³-hybridized carbons (Fsp3) is 0.0833. The Hall–Kier alpha value is -2.14. The maximum absolute atomic E-state index is 10.5. The number of nitro benzene ring substituents is 1. The van der Waals surface area contributed by atoms with Crippen LogP contribution in [0.1, 0.15) is 5.56 Å². The van der Waals surface area contributed by atoms with Crippen molar-refractivity contribution in [3.05, 3.63) is 63.4 Å². The second-order valence-electron chi connectivity index (χ2n) is 3.62. The fourth-order valence-corrected chi connectivity index (χ4v) is 1.64. The molecule has 1 heterocycles. The maximum atomic E-state index is 10.5.